The lowest BCUT2D eigenvalue weighted by molar-refractivity contribution is 0.103. The van der Waals surface area contributed by atoms with E-state index >= 15 is 0 Å². The standard InChI is InChI=1S/C27H25F2N3O.ClH/c28-20-8-3-16(4-9-20)1-2-17-13-23-22-14-19(25(33)18-5-10-21(29)11-6-18)7-12-24(22)32-26(23)27(30,31)15-17;/h3-12,14,17,32H,1-2,13,15,30-31H2;1H. The maximum atomic E-state index is 13.3. The first-order valence-electron chi connectivity index (χ1n) is 11.1. The molecule has 1 atom stereocenters. The number of carbonyl (C=O) groups is 1. The third kappa shape index (κ3) is 4.62. The highest BCUT2D eigenvalue weighted by molar-refractivity contribution is 6.10. The van der Waals surface area contributed by atoms with Crippen molar-refractivity contribution in [2.75, 3.05) is 0 Å². The molecule has 3 aromatic carbocycles. The fourth-order valence-corrected chi connectivity index (χ4v) is 4.93. The van der Waals surface area contributed by atoms with Crippen molar-refractivity contribution in [2.24, 2.45) is 17.4 Å². The van der Waals surface area contributed by atoms with E-state index in [1.165, 1.54) is 36.4 Å². The van der Waals surface area contributed by atoms with Crippen LogP contribution in [0, 0.1) is 17.6 Å². The number of carbonyl (C=O) groups excluding carboxylic acids is 1. The van der Waals surface area contributed by atoms with Crippen LogP contribution in [0.5, 0.6) is 0 Å². The molecule has 5 N–H and O–H groups in total. The summed E-state index contributed by atoms with van der Waals surface area (Å²) in [6.07, 6.45) is 3.12. The Morgan fingerprint density at radius 3 is 2.24 bits per heavy atom. The molecule has 0 saturated carbocycles. The van der Waals surface area contributed by atoms with Crippen LogP contribution in [0.3, 0.4) is 0 Å². The number of aromatic nitrogens is 1. The van der Waals surface area contributed by atoms with Gasteiger partial charge in [0.2, 0.25) is 0 Å². The van der Waals surface area contributed by atoms with Crippen LogP contribution in [0.25, 0.3) is 10.9 Å². The second-order valence-electron chi connectivity index (χ2n) is 9.05. The minimum atomic E-state index is -0.999. The van der Waals surface area contributed by atoms with Crippen LogP contribution in [0.4, 0.5) is 8.78 Å². The fraction of sp³-hybridized carbons (Fsp3) is 0.222. The Balaban J connectivity index is 0.00000274. The molecule has 0 aliphatic heterocycles. The topological polar surface area (TPSA) is 84.9 Å². The number of rotatable bonds is 5. The smallest absolute Gasteiger partial charge is 0.193 e. The molecule has 1 unspecified atom stereocenters. The fourth-order valence-electron chi connectivity index (χ4n) is 4.93. The summed E-state index contributed by atoms with van der Waals surface area (Å²) in [4.78, 5) is 16.3. The third-order valence-electron chi connectivity index (χ3n) is 6.61. The van der Waals surface area contributed by atoms with Crippen molar-refractivity contribution in [1.82, 2.24) is 4.98 Å². The van der Waals surface area contributed by atoms with E-state index in [9.17, 15) is 13.6 Å². The number of fused-ring (bicyclic) bond motifs is 3. The van der Waals surface area contributed by atoms with Crippen LogP contribution in [0.15, 0.2) is 66.7 Å². The summed E-state index contributed by atoms with van der Waals surface area (Å²) < 4.78 is 26.5. The predicted octanol–water partition coefficient (Wildman–Crippen LogP) is 5.36. The molecule has 1 aliphatic rings. The molecule has 1 aliphatic carbocycles. The molecule has 0 amide bonds. The first-order chi connectivity index (χ1) is 15.8. The number of nitrogens with two attached hydrogens (primary N) is 2. The average molecular weight is 482 g/mol. The third-order valence-corrected chi connectivity index (χ3v) is 6.61. The number of ketones is 1. The first-order valence-corrected chi connectivity index (χ1v) is 11.1. The second-order valence-corrected chi connectivity index (χ2v) is 9.05. The van der Waals surface area contributed by atoms with Crippen molar-refractivity contribution < 1.29 is 13.6 Å². The molecule has 0 spiro atoms. The van der Waals surface area contributed by atoms with E-state index in [0.717, 1.165) is 47.0 Å². The van der Waals surface area contributed by atoms with E-state index in [-0.39, 0.29) is 35.7 Å². The number of halogens is 3. The van der Waals surface area contributed by atoms with Crippen molar-refractivity contribution in [3.8, 4) is 0 Å². The number of aromatic amines is 1. The number of aryl methyl sites for hydroxylation is 1. The summed E-state index contributed by atoms with van der Waals surface area (Å²) >= 11 is 0. The van der Waals surface area contributed by atoms with Gasteiger partial charge in [-0.2, -0.15) is 0 Å². The Labute approximate surface area is 202 Å². The van der Waals surface area contributed by atoms with Crippen molar-refractivity contribution in [1.29, 1.82) is 0 Å². The van der Waals surface area contributed by atoms with E-state index in [1.54, 1.807) is 18.2 Å². The summed E-state index contributed by atoms with van der Waals surface area (Å²) in [5.74, 6) is -0.528. The lowest BCUT2D eigenvalue weighted by atomic mass is 9.77. The van der Waals surface area contributed by atoms with Gasteiger partial charge in [-0.25, -0.2) is 8.78 Å². The lowest BCUT2D eigenvalue weighted by Crippen LogP contribution is -2.51. The molecule has 176 valence electrons. The molecule has 0 saturated heterocycles. The summed E-state index contributed by atoms with van der Waals surface area (Å²) in [5.41, 5.74) is 16.8. The number of hydrogen-bond acceptors (Lipinski definition) is 3. The maximum Gasteiger partial charge on any atom is 0.193 e. The van der Waals surface area contributed by atoms with E-state index < -0.39 is 5.66 Å². The van der Waals surface area contributed by atoms with Gasteiger partial charge < -0.3 is 16.5 Å². The highest BCUT2D eigenvalue weighted by Crippen LogP contribution is 2.39. The van der Waals surface area contributed by atoms with E-state index in [1.807, 2.05) is 12.1 Å². The Bertz CT molecular complexity index is 1330. The quantitative estimate of drug-likeness (QED) is 0.265. The SMILES string of the molecule is Cl.NC1(N)CC(CCc2ccc(F)cc2)Cc2c1[nH]c1ccc(C(=O)c3ccc(F)cc3)cc21. The number of nitrogens with one attached hydrogen (secondary N) is 1. The monoisotopic (exact) mass is 481 g/mol. The molecule has 5 rings (SSSR count). The maximum absolute atomic E-state index is 13.3. The zero-order valence-corrected chi connectivity index (χ0v) is 19.3. The largest absolute Gasteiger partial charge is 0.356 e. The minimum Gasteiger partial charge on any atom is -0.356 e. The molecular weight excluding hydrogens is 456 g/mol. The molecule has 0 radical (unpaired) electrons. The zero-order chi connectivity index (χ0) is 23.2. The van der Waals surface area contributed by atoms with Crippen molar-refractivity contribution >= 4 is 29.1 Å². The lowest BCUT2D eigenvalue weighted by Gasteiger charge is -2.35. The normalized spacial score (nSPS) is 16.6. The van der Waals surface area contributed by atoms with Gasteiger partial charge in [-0.05, 0) is 97.3 Å². The highest BCUT2D eigenvalue weighted by atomic mass is 35.5. The predicted molar refractivity (Wildman–Crippen MR) is 132 cm³/mol. The van der Waals surface area contributed by atoms with Gasteiger partial charge in [-0.3, -0.25) is 4.79 Å². The van der Waals surface area contributed by atoms with Crippen LogP contribution in [0.1, 0.15) is 45.6 Å². The van der Waals surface area contributed by atoms with Crippen molar-refractivity contribution in [3.05, 3.63) is 106 Å². The Morgan fingerprint density at radius 1 is 0.941 bits per heavy atom. The van der Waals surface area contributed by atoms with Gasteiger partial charge in [-0.1, -0.05) is 12.1 Å². The van der Waals surface area contributed by atoms with Gasteiger partial charge in [0.1, 0.15) is 17.3 Å². The molecule has 4 nitrogen and oxygen atoms in total. The highest BCUT2D eigenvalue weighted by Gasteiger charge is 2.36. The van der Waals surface area contributed by atoms with Gasteiger partial charge in [-0.15, -0.1) is 12.4 Å². The first kappa shape index (κ1) is 24.1. The van der Waals surface area contributed by atoms with Crippen molar-refractivity contribution in [3.63, 3.8) is 0 Å². The molecule has 0 fully saturated rings. The molecule has 0 bridgehead atoms. The van der Waals surface area contributed by atoms with Gasteiger partial charge in [0, 0.05) is 22.0 Å². The zero-order valence-electron chi connectivity index (χ0n) is 18.5. The second kappa shape index (κ2) is 9.29. The summed E-state index contributed by atoms with van der Waals surface area (Å²) in [6.45, 7) is 0. The van der Waals surface area contributed by atoms with Gasteiger partial charge in [0.25, 0.3) is 0 Å². The molecule has 1 aromatic heterocycles. The van der Waals surface area contributed by atoms with E-state index in [0.29, 0.717) is 17.5 Å². The molecule has 4 aromatic rings. The van der Waals surface area contributed by atoms with E-state index in [2.05, 4.69) is 4.98 Å². The van der Waals surface area contributed by atoms with Crippen LogP contribution >= 0.6 is 12.4 Å². The van der Waals surface area contributed by atoms with Crippen LogP contribution in [0.2, 0.25) is 0 Å². The van der Waals surface area contributed by atoms with Crippen LogP contribution < -0.4 is 11.5 Å². The number of H-pyrrole nitrogens is 1. The summed E-state index contributed by atoms with van der Waals surface area (Å²) in [7, 11) is 0. The average Bonchev–Trinajstić information content (AvgIpc) is 3.17. The van der Waals surface area contributed by atoms with Gasteiger partial charge >= 0.3 is 0 Å². The Kier molecular flexibility index (Phi) is 6.58. The molecular formula is C27H26ClF2N3O. The van der Waals surface area contributed by atoms with Crippen LogP contribution in [-0.2, 0) is 18.5 Å². The number of hydrogen-bond donors (Lipinski definition) is 3. The molecule has 1 heterocycles. The Hall–Kier alpha value is -3.06. The van der Waals surface area contributed by atoms with Gasteiger partial charge in [0.05, 0.1) is 5.69 Å². The summed E-state index contributed by atoms with van der Waals surface area (Å²) in [5, 5.41) is 0.935. The minimum absolute atomic E-state index is 0. The van der Waals surface area contributed by atoms with Gasteiger partial charge in [0.15, 0.2) is 5.78 Å². The van der Waals surface area contributed by atoms with Crippen molar-refractivity contribution in [2.45, 2.75) is 31.3 Å². The summed E-state index contributed by atoms with van der Waals surface area (Å²) in [6, 6.07) is 17.6. The molecule has 34 heavy (non-hydrogen) atoms. The van der Waals surface area contributed by atoms with Crippen LogP contribution in [-0.4, -0.2) is 10.8 Å². The van der Waals surface area contributed by atoms with E-state index in [4.69, 9.17) is 11.5 Å². The Morgan fingerprint density at radius 2 is 1.56 bits per heavy atom. The molecule has 7 heteroatoms. The number of benzene rings is 3.